The third-order valence-electron chi connectivity index (χ3n) is 2.35. The molecule has 0 bridgehead atoms. The molecule has 1 atom stereocenters. The van der Waals surface area contributed by atoms with Gasteiger partial charge in [-0.15, -0.1) is 0 Å². The maximum atomic E-state index is 5.96. The first kappa shape index (κ1) is 17.2. The molecule has 0 spiro atoms. The van der Waals surface area contributed by atoms with E-state index in [-0.39, 0.29) is 0 Å². The Balaban J connectivity index is 2.53. The fraction of sp³-hybridized carbons (Fsp3) is 0.538. The van der Waals surface area contributed by atoms with Crippen LogP contribution in [0.1, 0.15) is 20.8 Å². The van der Waals surface area contributed by atoms with Crippen LogP contribution in [0.15, 0.2) is 12.1 Å². The summed E-state index contributed by atoms with van der Waals surface area (Å²) in [5, 5.41) is 3.43. The van der Waals surface area contributed by atoms with Crippen LogP contribution in [-0.4, -0.2) is 19.2 Å². The fourth-order valence-corrected chi connectivity index (χ4v) is 5.28. The summed E-state index contributed by atoms with van der Waals surface area (Å²) >= 11 is 7.02. The molecule has 0 aliphatic heterocycles. The second-order valence-corrected chi connectivity index (χ2v) is 8.25. The van der Waals surface area contributed by atoms with Crippen molar-refractivity contribution in [1.82, 2.24) is 5.32 Å². The molecule has 102 valence electrons. The maximum absolute atomic E-state index is 5.96. The molecule has 1 aromatic rings. The summed E-state index contributed by atoms with van der Waals surface area (Å²) in [5.74, 6) is 1.53. The van der Waals surface area contributed by atoms with Gasteiger partial charge in [0.25, 0.3) is 0 Å². The van der Waals surface area contributed by atoms with Gasteiger partial charge in [-0.05, 0) is 79.9 Å². The van der Waals surface area contributed by atoms with Crippen molar-refractivity contribution in [2.75, 3.05) is 13.2 Å². The number of halogens is 3. The summed E-state index contributed by atoms with van der Waals surface area (Å²) in [7, 11) is 0. The summed E-state index contributed by atoms with van der Waals surface area (Å²) in [5.41, 5.74) is 0. The molecule has 1 unspecified atom stereocenters. The zero-order chi connectivity index (χ0) is 13.7. The molecule has 2 nitrogen and oxygen atoms in total. The number of benzene rings is 1. The van der Waals surface area contributed by atoms with Crippen LogP contribution in [0.4, 0.5) is 0 Å². The third kappa shape index (κ3) is 6.08. The Morgan fingerprint density at radius 1 is 1.11 bits per heavy atom. The van der Waals surface area contributed by atoms with Crippen LogP contribution in [0.3, 0.4) is 0 Å². The second-order valence-electron chi connectivity index (χ2n) is 4.68. The minimum absolute atomic E-state index is 0.512. The molecule has 0 amide bonds. The van der Waals surface area contributed by atoms with Crippen molar-refractivity contribution >= 4 is 67.8 Å². The predicted molar refractivity (Wildman–Crippen MR) is 102 cm³/mol. The van der Waals surface area contributed by atoms with E-state index in [0.717, 1.165) is 18.9 Å². The average molecular weight is 585 g/mol. The molecule has 0 saturated carbocycles. The first-order valence-electron chi connectivity index (χ1n) is 5.91. The quantitative estimate of drug-likeness (QED) is 0.497. The van der Waals surface area contributed by atoms with Crippen molar-refractivity contribution < 1.29 is 4.74 Å². The first-order chi connectivity index (χ1) is 8.40. The standard InChI is InChI=1S/C13H18I3NO/c1-8(2)17-6-9(3)7-18-13-11(15)4-10(14)5-12(13)16/h4-5,8-9,17H,6-7H2,1-3H3. The smallest absolute Gasteiger partial charge is 0.146 e. The molecule has 5 heteroatoms. The lowest BCUT2D eigenvalue weighted by molar-refractivity contribution is 0.250. The van der Waals surface area contributed by atoms with Crippen molar-refractivity contribution in [3.63, 3.8) is 0 Å². The Morgan fingerprint density at radius 2 is 1.67 bits per heavy atom. The van der Waals surface area contributed by atoms with E-state index in [1.807, 2.05) is 0 Å². The van der Waals surface area contributed by atoms with Gasteiger partial charge in [0.05, 0.1) is 13.7 Å². The van der Waals surface area contributed by atoms with E-state index in [4.69, 9.17) is 4.74 Å². The normalized spacial score (nSPS) is 12.8. The highest BCUT2D eigenvalue weighted by Gasteiger charge is 2.10. The average Bonchev–Trinajstić information content (AvgIpc) is 2.24. The van der Waals surface area contributed by atoms with Gasteiger partial charge in [0.1, 0.15) is 5.75 Å². The van der Waals surface area contributed by atoms with E-state index in [1.165, 1.54) is 10.7 Å². The van der Waals surface area contributed by atoms with Gasteiger partial charge in [0.2, 0.25) is 0 Å². The molecule has 1 rings (SSSR count). The monoisotopic (exact) mass is 585 g/mol. The Labute approximate surface area is 150 Å². The summed E-state index contributed by atoms with van der Waals surface area (Å²) in [4.78, 5) is 0. The lowest BCUT2D eigenvalue weighted by Crippen LogP contribution is -2.30. The Morgan fingerprint density at radius 3 is 2.17 bits per heavy atom. The lowest BCUT2D eigenvalue weighted by atomic mass is 10.2. The number of nitrogens with one attached hydrogen (secondary N) is 1. The number of ether oxygens (including phenoxy) is 1. The number of hydrogen-bond acceptors (Lipinski definition) is 2. The zero-order valence-electron chi connectivity index (χ0n) is 10.8. The Kier molecular flexibility index (Phi) is 8.09. The van der Waals surface area contributed by atoms with E-state index in [0.29, 0.717) is 12.0 Å². The van der Waals surface area contributed by atoms with Crippen molar-refractivity contribution in [2.24, 2.45) is 5.92 Å². The molecule has 1 N–H and O–H groups in total. The van der Waals surface area contributed by atoms with Gasteiger partial charge in [0.15, 0.2) is 0 Å². The largest absolute Gasteiger partial charge is 0.491 e. The van der Waals surface area contributed by atoms with Crippen molar-refractivity contribution in [3.8, 4) is 5.75 Å². The molecule has 0 aliphatic carbocycles. The van der Waals surface area contributed by atoms with Crippen molar-refractivity contribution in [3.05, 3.63) is 22.8 Å². The molecule has 0 aliphatic rings. The van der Waals surface area contributed by atoms with Crippen LogP contribution in [0, 0.1) is 16.6 Å². The molecular formula is C13H18I3NO. The SMILES string of the molecule is CC(CNC(C)C)COc1c(I)cc(I)cc1I. The molecule has 1 aromatic carbocycles. The number of hydrogen-bond donors (Lipinski definition) is 1. The van der Waals surface area contributed by atoms with E-state index in [2.05, 4.69) is 106 Å². The van der Waals surface area contributed by atoms with Gasteiger partial charge < -0.3 is 10.1 Å². The van der Waals surface area contributed by atoms with Crippen molar-refractivity contribution in [1.29, 1.82) is 0 Å². The highest BCUT2D eigenvalue weighted by atomic mass is 127. The Hall–Kier alpha value is 1.17. The summed E-state index contributed by atoms with van der Waals surface area (Å²) in [6.07, 6.45) is 0. The van der Waals surface area contributed by atoms with E-state index in [1.54, 1.807) is 0 Å². The molecule has 0 aromatic heterocycles. The van der Waals surface area contributed by atoms with E-state index >= 15 is 0 Å². The van der Waals surface area contributed by atoms with Gasteiger partial charge in [-0.2, -0.15) is 0 Å². The fourth-order valence-electron chi connectivity index (χ4n) is 1.39. The molecule has 0 fully saturated rings. The summed E-state index contributed by atoms with van der Waals surface area (Å²) in [6, 6.07) is 4.83. The van der Waals surface area contributed by atoms with Crippen LogP contribution >= 0.6 is 67.8 Å². The maximum Gasteiger partial charge on any atom is 0.146 e. The van der Waals surface area contributed by atoms with Gasteiger partial charge in [-0.25, -0.2) is 0 Å². The molecule has 0 saturated heterocycles. The van der Waals surface area contributed by atoms with E-state index < -0.39 is 0 Å². The minimum atomic E-state index is 0.512. The molecule has 0 heterocycles. The lowest BCUT2D eigenvalue weighted by Gasteiger charge is -2.17. The van der Waals surface area contributed by atoms with Gasteiger partial charge in [-0.1, -0.05) is 20.8 Å². The Bertz CT molecular complexity index is 373. The topological polar surface area (TPSA) is 21.3 Å². The zero-order valence-corrected chi connectivity index (χ0v) is 17.2. The molecular weight excluding hydrogens is 567 g/mol. The van der Waals surface area contributed by atoms with Crippen LogP contribution in [0.2, 0.25) is 0 Å². The minimum Gasteiger partial charge on any atom is -0.491 e. The number of rotatable bonds is 6. The second kappa shape index (κ2) is 8.46. The van der Waals surface area contributed by atoms with Gasteiger partial charge in [0, 0.05) is 22.1 Å². The summed E-state index contributed by atoms with van der Waals surface area (Å²) in [6.45, 7) is 8.29. The van der Waals surface area contributed by atoms with Crippen LogP contribution in [0.25, 0.3) is 0 Å². The highest BCUT2D eigenvalue weighted by molar-refractivity contribution is 14.1. The van der Waals surface area contributed by atoms with E-state index in [9.17, 15) is 0 Å². The summed E-state index contributed by atoms with van der Waals surface area (Å²) < 4.78 is 9.59. The van der Waals surface area contributed by atoms with Crippen LogP contribution < -0.4 is 10.1 Å². The first-order valence-corrected chi connectivity index (χ1v) is 9.14. The third-order valence-corrected chi connectivity index (χ3v) is 4.58. The van der Waals surface area contributed by atoms with Crippen LogP contribution in [-0.2, 0) is 0 Å². The molecule has 0 radical (unpaired) electrons. The predicted octanol–water partition coefficient (Wildman–Crippen LogP) is 4.51. The highest BCUT2D eigenvalue weighted by Crippen LogP contribution is 2.29. The van der Waals surface area contributed by atoms with Gasteiger partial charge in [-0.3, -0.25) is 0 Å². The van der Waals surface area contributed by atoms with Gasteiger partial charge >= 0.3 is 0 Å². The molecule has 18 heavy (non-hydrogen) atoms. The van der Waals surface area contributed by atoms with Crippen molar-refractivity contribution in [2.45, 2.75) is 26.8 Å². The van der Waals surface area contributed by atoms with Crippen LogP contribution in [0.5, 0.6) is 5.75 Å².